The molecule has 0 saturated heterocycles. The van der Waals surface area contributed by atoms with Gasteiger partial charge in [0.1, 0.15) is 10.8 Å². The fourth-order valence-electron chi connectivity index (χ4n) is 1.24. The molecular weight excluding hydrogens is 279 g/mol. The van der Waals surface area contributed by atoms with Crippen molar-refractivity contribution in [2.45, 2.75) is 13.5 Å². The summed E-state index contributed by atoms with van der Waals surface area (Å²) in [5.74, 6) is 0.586. The van der Waals surface area contributed by atoms with E-state index in [2.05, 4.69) is 31.0 Å². The second-order valence-corrected chi connectivity index (χ2v) is 4.08. The minimum atomic E-state index is 0.406. The van der Waals surface area contributed by atoms with Crippen LogP contribution in [0.4, 0.5) is 0 Å². The van der Waals surface area contributed by atoms with Crippen LogP contribution in [0, 0.1) is 0 Å². The molecule has 78 valence electrons. The molecule has 0 aromatic carbocycles. The molecule has 2 heterocycles. The van der Waals surface area contributed by atoms with Crippen molar-refractivity contribution in [3.05, 3.63) is 28.1 Å². The number of rotatable bonds is 2. The molecule has 0 radical (unpaired) electrons. The van der Waals surface area contributed by atoms with Gasteiger partial charge in [0, 0.05) is 18.9 Å². The standard InChI is InChI=1S/C9H8BrClN4/c1-2-15-7(3-4-13-15)9-12-5-6(10)8(11)14-9/h3-5H,2H2,1H3. The molecule has 2 aromatic rings. The van der Waals surface area contributed by atoms with Crippen LogP contribution >= 0.6 is 27.5 Å². The fourth-order valence-corrected chi connectivity index (χ4v) is 1.56. The van der Waals surface area contributed by atoms with Crippen molar-refractivity contribution in [2.24, 2.45) is 0 Å². The summed E-state index contributed by atoms with van der Waals surface area (Å²) in [6, 6.07) is 1.86. The molecule has 0 unspecified atom stereocenters. The molecule has 4 nitrogen and oxygen atoms in total. The lowest BCUT2D eigenvalue weighted by molar-refractivity contribution is 0.663. The van der Waals surface area contributed by atoms with Gasteiger partial charge < -0.3 is 0 Å². The van der Waals surface area contributed by atoms with E-state index in [0.29, 0.717) is 15.5 Å². The topological polar surface area (TPSA) is 43.6 Å². The molecule has 2 aromatic heterocycles. The normalized spacial score (nSPS) is 10.6. The van der Waals surface area contributed by atoms with Crippen molar-refractivity contribution in [3.63, 3.8) is 0 Å². The highest BCUT2D eigenvalue weighted by Crippen LogP contribution is 2.22. The molecule has 0 amide bonds. The predicted octanol–water partition coefficient (Wildman–Crippen LogP) is 2.78. The van der Waals surface area contributed by atoms with Gasteiger partial charge in [0.15, 0.2) is 5.82 Å². The van der Waals surface area contributed by atoms with E-state index in [0.717, 1.165) is 12.2 Å². The van der Waals surface area contributed by atoms with Crippen molar-refractivity contribution in [1.29, 1.82) is 0 Å². The minimum Gasteiger partial charge on any atom is -0.262 e. The summed E-state index contributed by atoms with van der Waals surface area (Å²) < 4.78 is 2.51. The molecule has 0 atom stereocenters. The van der Waals surface area contributed by atoms with E-state index in [9.17, 15) is 0 Å². The van der Waals surface area contributed by atoms with E-state index >= 15 is 0 Å². The Morgan fingerprint density at radius 1 is 1.53 bits per heavy atom. The van der Waals surface area contributed by atoms with Gasteiger partial charge in [-0.25, -0.2) is 9.97 Å². The average Bonchev–Trinajstić information content (AvgIpc) is 2.70. The van der Waals surface area contributed by atoms with Gasteiger partial charge >= 0.3 is 0 Å². The van der Waals surface area contributed by atoms with Crippen LogP contribution in [0.2, 0.25) is 5.15 Å². The van der Waals surface area contributed by atoms with Gasteiger partial charge in [-0.3, -0.25) is 4.68 Å². The Morgan fingerprint density at radius 3 is 3.00 bits per heavy atom. The van der Waals surface area contributed by atoms with Crippen LogP contribution in [-0.4, -0.2) is 19.7 Å². The quantitative estimate of drug-likeness (QED) is 0.798. The zero-order chi connectivity index (χ0) is 10.8. The van der Waals surface area contributed by atoms with Gasteiger partial charge in [-0.2, -0.15) is 5.10 Å². The second-order valence-electron chi connectivity index (χ2n) is 2.86. The Kier molecular flexibility index (Phi) is 3.02. The van der Waals surface area contributed by atoms with E-state index in [-0.39, 0.29) is 0 Å². The average molecular weight is 288 g/mol. The molecule has 6 heteroatoms. The van der Waals surface area contributed by atoms with Crippen molar-refractivity contribution >= 4 is 27.5 Å². The molecule has 0 bridgehead atoms. The summed E-state index contributed by atoms with van der Waals surface area (Å²) in [6.45, 7) is 2.79. The van der Waals surface area contributed by atoms with Gasteiger partial charge in [0.2, 0.25) is 0 Å². The van der Waals surface area contributed by atoms with Gasteiger partial charge in [-0.15, -0.1) is 0 Å². The van der Waals surface area contributed by atoms with Crippen molar-refractivity contribution in [2.75, 3.05) is 0 Å². The highest BCUT2D eigenvalue weighted by atomic mass is 79.9. The molecule has 0 N–H and O–H groups in total. The maximum absolute atomic E-state index is 5.90. The van der Waals surface area contributed by atoms with Crippen LogP contribution in [0.5, 0.6) is 0 Å². The summed E-state index contributed by atoms with van der Waals surface area (Å²) in [4.78, 5) is 8.36. The number of nitrogens with zero attached hydrogens (tertiary/aromatic N) is 4. The number of aromatic nitrogens is 4. The monoisotopic (exact) mass is 286 g/mol. The van der Waals surface area contributed by atoms with Gasteiger partial charge in [-0.1, -0.05) is 11.6 Å². The van der Waals surface area contributed by atoms with Crippen LogP contribution in [0.1, 0.15) is 6.92 Å². The maximum atomic E-state index is 5.90. The van der Waals surface area contributed by atoms with Crippen molar-refractivity contribution < 1.29 is 0 Å². The summed E-state index contributed by atoms with van der Waals surface area (Å²) in [6.07, 6.45) is 3.36. The SMILES string of the molecule is CCn1nccc1-c1ncc(Br)c(Cl)n1. The first-order chi connectivity index (χ1) is 7.22. The Balaban J connectivity index is 2.50. The van der Waals surface area contributed by atoms with Crippen LogP contribution in [0.3, 0.4) is 0 Å². The van der Waals surface area contributed by atoms with Crippen molar-refractivity contribution in [3.8, 4) is 11.5 Å². The van der Waals surface area contributed by atoms with E-state index < -0.39 is 0 Å². The molecule has 0 fully saturated rings. The molecule has 0 aliphatic carbocycles. The molecule has 0 aliphatic rings. The first-order valence-electron chi connectivity index (χ1n) is 4.42. The Hall–Kier alpha value is -0.940. The van der Waals surface area contributed by atoms with Gasteiger partial charge in [-0.05, 0) is 28.9 Å². The highest BCUT2D eigenvalue weighted by molar-refractivity contribution is 9.10. The number of hydrogen-bond acceptors (Lipinski definition) is 3. The van der Waals surface area contributed by atoms with E-state index in [1.165, 1.54) is 0 Å². The molecule has 15 heavy (non-hydrogen) atoms. The number of hydrogen-bond donors (Lipinski definition) is 0. The molecule has 0 aliphatic heterocycles. The van der Waals surface area contributed by atoms with E-state index in [4.69, 9.17) is 11.6 Å². The van der Waals surface area contributed by atoms with Crippen molar-refractivity contribution in [1.82, 2.24) is 19.7 Å². The zero-order valence-electron chi connectivity index (χ0n) is 7.98. The lowest BCUT2D eigenvalue weighted by Crippen LogP contribution is -2.01. The number of aryl methyl sites for hydroxylation is 1. The van der Waals surface area contributed by atoms with Crippen LogP contribution in [0.15, 0.2) is 22.9 Å². The summed E-state index contributed by atoms with van der Waals surface area (Å²) in [5.41, 5.74) is 0.868. The summed E-state index contributed by atoms with van der Waals surface area (Å²) >= 11 is 9.15. The van der Waals surface area contributed by atoms with Gasteiger partial charge in [0.05, 0.1) is 4.47 Å². The maximum Gasteiger partial charge on any atom is 0.179 e. The lowest BCUT2D eigenvalue weighted by atomic mass is 10.4. The molecular formula is C9H8BrClN4. The smallest absolute Gasteiger partial charge is 0.179 e. The summed E-state index contributed by atoms with van der Waals surface area (Å²) in [7, 11) is 0. The van der Waals surface area contributed by atoms with Gasteiger partial charge in [0.25, 0.3) is 0 Å². The fraction of sp³-hybridized carbons (Fsp3) is 0.222. The third kappa shape index (κ3) is 2.03. The first kappa shape index (κ1) is 10.6. The molecule has 2 rings (SSSR count). The first-order valence-corrected chi connectivity index (χ1v) is 5.59. The third-order valence-electron chi connectivity index (χ3n) is 1.95. The van der Waals surface area contributed by atoms with Crippen LogP contribution in [0.25, 0.3) is 11.5 Å². The predicted molar refractivity (Wildman–Crippen MR) is 61.6 cm³/mol. The largest absolute Gasteiger partial charge is 0.262 e. The summed E-state index contributed by atoms with van der Waals surface area (Å²) in [5, 5.41) is 4.55. The van der Waals surface area contributed by atoms with Crippen LogP contribution < -0.4 is 0 Å². The number of halogens is 2. The highest BCUT2D eigenvalue weighted by Gasteiger charge is 2.09. The Morgan fingerprint density at radius 2 is 2.33 bits per heavy atom. The lowest BCUT2D eigenvalue weighted by Gasteiger charge is -2.03. The Bertz CT molecular complexity index is 483. The van der Waals surface area contributed by atoms with Crippen LogP contribution in [-0.2, 0) is 6.54 Å². The third-order valence-corrected chi connectivity index (χ3v) is 3.04. The molecule has 0 saturated carbocycles. The molecule has 0 spiro atoms. The zero-order valence-corrected chi connectivity index (χ0v) is 10.3. The second kappa shape index (κ2) is 4.28. The minimum absolute atomic E-state index is 0.406. The van der Waals surface area contributed by atoms with E-state index in [1.54, 1.807) is 12.4 Å². The van der Waals surface area contributed by atoms with E-state index in [1.807, 2.05) is 17.7 Å². The Labute approximate surface area is 100 Å².